The van der Waals surface area contributed by atoms with Gasteiger partial charge in [0.05, 0.1) is 5.56 Å². The number of nitrogens with zero attached hydrogens (tertiary/aromatic N) is 1. The summed E-state index contributed by atoms with van der Waals surface area (Å²) in [7, 11) is 0. The van der Waals surface area contributed by atoms with Gasteiger partial charge in [0, 0.05) is 15.5 Å². The molecule has 0 radical (unpaired) electrons. The molecule has 116 valence electrons. The Morgan fingerprint density at radius 3 is 2.55 bits per heavy atom. The van der Waals surface area contributed by atoms with Gasteiger partial charge < -0.3 is 16.2 Å². The van der Waals surface area contributed by atoms with Gasteiger partial charge in [0.1, 0.15) is 11.3 Å². The van der Waals surface area contributed by atoms with Crippen molar-refractivity contribution < 1.29 is 22.7 Å². The summed E-state index contributed by atoms with van der Waals surface area (Å²) in [6, 6.07) is 4.71. The van der Waals surface area contributed by atoms with Crippen LogP contribution in [0, 0.1) is 3.57 Å². The number of hydrogen-bond acceptors (Lipinski definition) is 4. The number of pyridine rings is 1. The number of amides is 1. The van der Waals surface area contributed by atoms with Crippen LogP contribution in [-0.2, 0) is 6.18 Å². The highest BCUT2D eigenvalue weighted by molar-refractivity contribution is 14.1. The summed E-state index contributed by atoms with van der Waals surface area (Å²) in [5, 5.41) is 0. The topological polar surface area (TPSA) is 91.2 Å². The minimum absolute atomic E-state index is 0.0257. The van der Waals surface area contributed by atoms with Gasteiger partial charge in [-0.2, -0.15) is 13.2 Å². The third kappa shape index (κ3) is 3.59. The molecule has 0 saturated heterocycles. The van der Waals surface area contributed by atoms with Crippen LogP contribution in [0.1, 0.15) is 15.9 Å². The predicted octanol–water partition coefficient (Wildman–Crippen LogP) is 3.18. The average Bonchev–Trinajstić information content (AvgIpc) is 2.41. The Kier molecular flexibility index (Phi) is 4.44. The first-order valence-corrected chi connectivity index (χ1v) is 6.86. The average molecular weight is 423 g/mol. The van der Waals surface area contributed by atoms with E-state index in [1.807, 2.05) is 0 Å². The fraction of sp³-hybridized carbons (Fsp3) is 0.0769. The highest BCUT2D eigenvalue weighted by Gasteiger charge is 2.35. The molecule has 9 heteroatoms. The van der Waals surface area contributed by atoms with Gasteiger partial charge in [-0.1, -0.05) is 0 Å². The maximum Gasteiger partial charge on any atom is 0.421 e. The van der Waals surface area contributed by atoms with Crippen molar-refractivity contribution in [3.05, 3.63) is 45.2 Å². The van der Waals surface area contributed by atoms with Crippen LogP contribution in [0.4, 0.5) is 18.9 Å². The zero-order valence-electron chi connectivity index (χ0n) is 10.8. The summed E-state index contributed by atoms with van der Waals surface area (Å²) < 4.78 is 44.4. The first kappa shape index (κ1) is 16.3. The van der Waals surface area contributed by atoms with Crippen molar-refractivity contribution in [2.45, 2.75) is 6.18 Å². The van der Waals surface area contributed by atoms with Crippen LogP contribution in [0.3, 0.4) is 0 Å². The number of halogens is 4. The highest BCUT2D eigenvalue weighted by atomic mass is 127. The maximum atomic E-state index is 13.0. The Hall–Kier alpha value is -2.04. The van der Waals surface area contributed by atoms with Crippen molar-refractivity contribution in [3.8, 4) is 11.6 Å². The van der Waals surface area contributed by atoms with E-state index in [-0.39, 0.29) is 17.0 Å². The zero-order valence-corrected chi connectivity index (χ0v) is 13.0. The zero-order chi connectivity index (χ0) is 16.5. The summed E-state index contributed by atoms with van der Waals surface area (Å²) in [6.07, 6.45) is -3.39. The van der Waals surface area contributed by atoms with Crippen LogP contribution in [-0.4, -0.2) is 10.9 Å². The van der Waals surface area contributed by atoms with E-state index >= 15 is 0 Å². The Balaban J connectivity index is 2.44. The van der Waals surface area contributed by atoms with Crippen LogP contribution in [0.2, 0.25) is 0 Å². The van der Waals surface area contributed by atoms with E-state index in [0.29, 0.717) is 3.57 Å². The highest BCUT2D eigenvalue weighted by Crippen LogP contribution is 2.37. The molecule has 2 aromatic rings. The number of nitrogens with two attached hydrogens (primary N) is 2. The Morgan fingerprint density at radius 1 is 1.27 bits per heavy atom. The van der Waals surface area contributed by atoms with E-state index in [1.54, 1.807) is 22.6 Å². The molecule has 0 unspecified atom stereocenters. The van der Waals surface area contributed by atoms with Crippen LogP contribution >= 0.6 is 22.6 Å². The first-order chi connectivity index (χ1) is 10.2. The molecule has 1 aromatic carbocycles. The monoisotopic (exact) mass is 423 g/mol. The summed E-state index contributed by atoms with van der Waals surface area (Å²) >= 11 is 1.72. The van der Waals surface area contributed by atoms with Crippen molar-refractivity contribution in [2.24, 2.45) is 5.73 Å². The van der Waals surface area contributed by atoms with Crippen LogP contribution in [0.5, 0.6) is 11.6 Å². The van der Waals surface area contributed by atoms with Gasteiger partial charge in [-0.25, -0.2) is 4.98 Å². The number of nitrogen functional groups attached to an aromatic ring is 1. The molecule has 2 rings (SSSR count). The van der Waals surface area contributed by atoms with E-state index in [0.717, 1.165) is 12.1 Å². The van der Waals surface area contributed by atoms with Crippen molar-refractivity contribution >= 4 is 34.2 Å². The van der Waals surface area contributed by atoms with E-state index in [9.17, 15) is 18.0 Å². The Morgan fingerprint density at radius 2 is 1.95 bits per heavy atom. The third-order valence-electron chi connectivity index (χ3n) is 2.63. The number of benzene rings is 1. The summed E-state index contributed by atoms with van der Waals surface area (Å²) in [6.45, 7) is 0. The summed E-state index contributed by atoms with van der Waals surface area (Å²) in [5.41, 5.74) is 9.72. The number of alkyl halides is 3. The summed E-state index contributed by atoms with van der Waals surface area (Å²) in [5.74, 6) is -1.45. The lowest BCUT2D eigenvalue weighted by molar-refractivity contribution is -0.138. The van der Waals surface area contributed by atoms with E-state index < -0.39 is 23.5 Å². The van der Waals surface area contributed by atoms with Crippen molar-refractivity contribution in [3.63, 3.8) is 0 Å². The molecule has 0 aliphatic carbocycles. The number of hydrogen-bond donors (Lipinski definition) is 2. The second-order valence-corrected chi connectivity index (χ2v) is 5.47. The number of aromatic nitrogens is 1. The van der Waals surface area contributed by atoms with Gasteiger partial charge in [-0.3, -0.25) is 4.79 Å². The van der Waals surface area contributed by atoms with E-state index in [1.165, 1.54) is 18.3 Å². The van der Waals surface area contributed by atoms with Gasteiger partial charge in [0.15, 0.2) is 0 Å². The molecule has 1 aromatic heterocycles. The van der Waals surface area contributed by atoms with Gasteiger partial charge in [-0.05, 0) is 46.9 Å². The predicted molar refractivity (Wildman–Crippen MR) is 81.4 cm³/mol. The molecule has 22 heavy (non-hydrogen) atoms. The minimum Gasteiger partial charge on any atom is -0.438 e. The lowest BCUT2D eigenvalue weighted by Gasteiger charge is -2.13. The van der Waals surface area contributed by atoms with Crippen LogP contribution in [0.25, 0.3) is 0 Å². The smallest absolute Gasteiger partial charge is 0.421 e. The molecule has 0 bridgehead atoms. The quantitative estimate of drug-likeness (QED) is 0.586. The van der Waals surface area contributed by atoms with E-state index in [2.05, 4.69) is 4.98 Å². The minimum atomic E-state index is -4.62. The van der Waals surface area contributed by atoms with Gasteiger partial charge >= 0.3 is 6.18 Å². The molecule has 0 spiro atoms. The lowest BCUT2D eigenvalue weighted by atomic mass is 10.1. The maximum absolute atomic E-state index is 13.0. The molecule has 1 amide bonds. The number of carbonyl (C=O) groups excluding carboxylic acids is 1. The van der Waals surface area contributed by atoms with Gasteiger partial charge in [0.25, 0.3) is 5.91 Å². The van der Waals surface area contributed by atoms with Gasteiger partial charge in [-0.15, -0.1) is 0 Å². The van der Waals surface area contributed by atoms with Crippen molar-refractivity contribution in [1.29, 1.82) is 0 Å². The number of carbonyl (C=O) groups is 1. The number of rotatable bonds is 3. The van der Waals surface area contributed by atoms with Crippen molar-refractivity contribution in [1.82, 2.24) is 4.98 Å². The van der Waals surface area contributed by atoms with Crippen LogP contribution in [0.15, 0.2) is 30.5 Å². The molecule has 0 fully saturated rings. The number of ether oxygens (including phenoxy) is 1. The largest absolute Gasteiger partial charge is 0.438 e. The molecule has 4 N–H and O–H groups in total. The molecule has 0 saturated carbocycles. The molecular weight excluding hydrogens is 414 g/mol. The summed E-state index contributed by atoms with van der Waals surface area (Å²) in [4.78, 5) is 14.8. The third-order valence-corrected chi connectivity index (χ3v) is 3.22. The normalized spacial score (nSPS) is 11.3. The fourth-order valence-electron chi connectivity index (χ4n) is 1.64. The van der Waals surface area contributed by atoms with Crippen LogP contribution < -0.4 is 16.2 Å². The molecule has 0 aliphatic rings. The molecule has 0 aliphatic heterocycles. The second-order valence-electron chi connectivity index (χ2n) is 4.22. The Bertz CT molecular complexity index is 735. The SMILES string of the molecule is NC(=O)c1cc(Oc2ncc(I)cc2C(F)(F)F)ccc1N. The second kappa shape index (κ2) is 5.99. The standard InChI is InChI=1S/C13H9F3IN3O2/c14-13(15,16)9-3-6(17)5-20-12(9)22-7-1-2-10(18)8(4-7)11(19)21/h1-5H,18H2,(H2,19,21). The first-order valence-electron chi connectivity index (χ1n) is 5.78. The molecule has 0 atom stereocenters. The molecule has 1 heterocycles. The van der Waals surface area contributed by atoms with Gasteiger partial charge in [0.2, 0.25) is 5.88 Å². The molecular formula is C13H9F3IN3O2. The fourth-order valence-corrected chi connectivity index (χ4v) is 2.09. The number of anilines is 1. The Labute approximate surface area is 136 Å². The lowest BCUT2D eigenvalue weighted by Crippen LogP contribution is -2.13. The number of primary amides is 1. The van der Waals surface area contributed by atoms with Crippen molar-refractivity contribution in [2.75, 3.05) is 5.73 Å². The van der Waals surface area contributed by atoms with E-state index in [4.69, 9.17) is 16.2 Å². The molecule has 5 nitrogen and oxygen atoms in total.